The van der Waals surface area contributed by atoms with Gasteiger partial charge in [0.05, 0.1) is 21.2 Å². The van der Waals surface area contributed by atoms with E-state index in [4.69, 9.17) is 23.2 Å². The number of benzene rings is 2. The Balaban J connectivity index is 1.49. The van der Waals surface area contributed by atoms with Crippen LogP contribution in [0.3, 0.4) is 0 Å². The lowest BCUT2D eigenvalue weighted by Crippen LogP contribution is -2.37. The lowest BCUT2D eigenvalue weighted by atomic mass is 10.1. The zero-order valence-corrected chi connectivity index (χ0v) is 17.6. The van der Waals surface area contributed by atoms with Crippen LogP contribution in [-0.4, -0.2) is 39.1 Å². The second-order valence-corrected chi connectivity index (χ2v) is 8.07. The van der Waals surface area contributed by atoms with Gasteiger partial charge in [0, 0.05) is 22.0 Å². The Labute approximate surface area is 188 Å². The summed E-state index contributed by atoms with van der Waals surface area (Å²) in [6.45, 7) is -0.611. The third kappa shape index (κ3) is 3.88. The van der Waals surface area contributed by atoms with E-state index >= 15 is 0 Å². The molecular weight excluding hydrogens is 467 g/mol. The molecule has 0 aliphatic carbocycles. The van der Waals surface area contributed by atoms with Gasteiger partial charge >= 0.3 is 0 Å². The van der Waals surface area contributed by atoms with Crippen molar-refractivity contribution in [2.45, 2.75) is 0 Å². The Kier molecular flexibility index (Phi) is 5.44. The zero-order valence-electron chi connectivity index (χ0n) is 15.3. The SMILES string of the molecule is O=C(CN1C(=O)c2cccc([N+](=O)[O-])c2C1=O)Nc1nc(-c2ccc(Cl)cc2Cl)cs1. The summed E-state index contributed by atoms with van der Waals surface area (Å²) in [5.41, 5.74) is 0.220. The van der Waals surface area contributed by atoms with Crippen LogP contribution < -0.4 is 5.32 Å². The van der Waals surface area contributed by atoms with Gasteiger partial charge in [-0.1, -0.05) is 29.3 Å². The van der Waals surface area contributed by atoms with E-state index in [0.717, 1.165) is 17.4 Å². The molecule has 0 unspecified atom stereocenters. The maximum atomic E-state index is 12.6. The molecule has 1 aliphatic rings. The molecule has 31 heavy (non-hydrogen) atoms. The van der Waals surface area contributed by atoms with Crippen LogP contribution in [0, 0.1) is 10.1 Å². The fourth-order valence-corrected chi connectivity index (χ4v) is 4.30. The Hall–Kier alpha value is -3.34. The molecule has 1 aliphatic heterocycles. The quantitative estimate of drug-likeness (QED) is 0.333. The second-order valence-electron chi connectivity index (χ2n) is 6.36. The van der Waals surface area contributed by atoms with E-state index in [1.807, 2.05) is 0 Å². The summed E-state index contributed by atoms with van der Waals surface area (Å²) >= 11 is 13.2. The van der Waals surface area contributed by atoms with E-state index in [1.165, 1.54) is 12.1 Å². The van der Waals surface area contributed by atoms with E-state index in [-0.39, 0.29) is 16.3 Å². The van der Waals surface area contributed by atoms with Crippen molar-refractivity contribution in [3.05, 3.63) is 73.1 Å². The monoisotopic (exact) mass is 476 g/mol. The largest absolute Gasteiger partial charge is 0.300 e. The van der Waals surface area contributed by atoms with Crippen LogP contribution in [0.2, 0.25) is 10.0 Å². The summed E-state index contributed by atoms with van der Waals surface area (Å²) in [7, 11) is 0. The average molecular weight is 477 g/mol. The minimum atomic E-state index is -0.893. The highest BCUT2D eigenvalue weighted by molar-refractivity contribution is 7.14. The van der Waals surface area contributed by atoms with E-state index < -0.39 is 34.9 Å². The van der Waals surface area contributed by atoms with E-state index in [1.54, 1.807) is 23.6 Å². The number of fused-ring (bicyclic) bond motifs is 1. The summed E-state index contributed by atoms with van der Waals surface area (Å²) in [4.78, 5) is 52.8. The number of aromatic nitrogens is 1. The number of carbonyl (C=O) groups excluding carboxylic acids is 3. The first kappa shape index (κ1) is 20.9. The van der Waals surface area contributed by atoms with Crippen LogP contribution in [0.5, 0.6) is 0 Å². The lowest BCUT2D eigenvalue weighted by molar-refractivity contribution is -0.385. The summed E-state index contributed by atoms with van der Waals surface area (Å²) in [5.74, 6) is -2.35. The molecule has 3 aromatic rings. The smallest absolute Gasteiger partial charge is 0.282 e. The van der Waals surface area contributed by atoms with Gasteiger partial charge in [-0.15, -0.1) is 11.3 Å². The van der Waals surface area contributed by atoms with Crippen LogP contribution >= 0.6 is 34.5 Å². The van der Waals surface area contributed by atoms with Gasteiger partial charge in [0.1, 0.15) is 12.1 Å². The standard InChI is InChI=1S/C19H10Cl2N4O5S/c20-9-4-5-10(12(21)6-9)13-8-31-19(22-13)23-15(26)7-24-17(27)11-2-1-3-14(25(29)30)16(11)18(24)28/h1-6,8H,7H2,(H,22,23,26). The Morgan fingerprint density at radius 3 is 2.65 bits per heavy atom. The normalized spacial score (nSPS) is 12.8. The van der Waals surface area contributed by atoms with Crippen LogP contribution in [0.4, 0.5) is 10.8 Å². The summed E-state index contributed by atoms with van der Waals surface area (Å²) in [6.07, 6.45) is 0. The Morgan fingerprint density at radius 2 is 1.94 bits per heavy atom. The van der Waals surface area contributed by atoms with Gasteiger partial charge in [0.15, 0.2) is 5.13 Å². The molecule has 9 nitrogen and oxygen atoms in total. The molecule has 2 aromatic carbocycles. The predicted octanol–water partition coefficient (Wildman–Crippen LogP) is 4.26. The molecule has 0 fully saturated rings. The molecule has 1 N–H and O–H groups in total. The van der Waals surface area contributed by atoms with Gasteiger partial charge in [-0.25, -0.2) is 4.98 Å². The average Bonchev–Trinajstić information content (AvgIpc) is 3.26. The number of amides is 3. The summed E-state index contributed by atoms with van der Waals surface area (Å²) in [6, 6.07) is 8.66. The highest BCUT2D eigenvalue weighted by Crippen LogP contribution is 2.33. The molecule has 0 radical (unpaired) electrons. The third-order valence-electron chi connectivity index (χ3n) is 4.43. The van der Waals surface area contributed by atoms with Crippen molar-refractivity contribution in [2.24, 2.45) is 0 Å². The van der Waals surface area contributed by atoms with Crippen LogP contribution in [0.1, 0.15) is 20.7 Å². The number of hydrogen-bond donors (Lipinski definition) is 1. The van der Waals surface area contributed by atoms with Gasteiger partial charge < -0.3 is 5.32 Å². The highest BCUT2D eigenvalue weighted by Gasteiger charge is 2.41. The summed E-state index contributed by atoms with van der Waals surface area (Å²) in [5, 5.41) is 16.4. The first-order valence-electron chi connectivity index (χ1n) is 8.60. The van der Waals surface area contributed by atoms with Crippen molar-refractivity contribution >= 4 is 63.1 Å². The van der Waals surface area contributed by atoms with Crippen molar-refractivity contribution in [1.82, 2.24) is 9.88 Å². The molecule has 12 heteroatoms. The molecule has 0 saturated carbocycles. The molecule has 0 spiro atoms. The minimum Gasteiger partial charge on any atom is -0.300 e. The van der Waals surface area contributed by atoms with E-state index in [2.05, 4.69) is 10.3 Å². The number of rotatable bonds is 5. The first-order chi connectivity index (χ1) is 14.8. The number of imide groups is 1. The number of halogens is 2. The molecule has 3 amide bonds. The number of nitrogens with zero attached hydrogens (tertiary/aromatic N) is 3. The summed E-state index contributed by atoms with van der Waals surface area (Å²) < 4.78 is 0. The fourth-order valence-electron chi connectivity index (χ4n) is 3.07. The third-order valence-corrected chi connectivity index (χ3v) is 5.74. The molecule has 156 valence electrons. The van der Waals surface area contributed by atoms with Crippen LogP contribution in [-0.2, 0) is 4.79 Å². The van der Waals surface area contributed by atoms with E-state index in [0.29, 0.717) is 26.2 Å². The zero-order chi connectivity index (χ0) is 22.3. The maximum Gasteiger partial charge on any atom is 0.282 e. The van der Waals surface area contributed by atoms with Crippen LogP contribution in [0.15, 0.2) is 41.8 Å². The molecule has 0 bridgehead atoms. The maximum absolute atomic E-state index is 12.6. The van der Waals surface area contributed by atoms with Crippen molar-refractivity contribution in [1.29, 1.82) is 0 Å². The van der Waals surface area contributed by atoms with Crippen LogP contribution in [0.25, 0.3) is 11.3 Å². The highest BCUT2D eigenvalue weighted by atomic mass is 35.5. The van der Waals surface area contributed by atoms with Gasteiger partial charge in [-0.2, -0.15) is 0 Å². The molecule has 0 saturated heterocycles. The van der Waals surface area contributed by atoms with Gasteiger partial charge in [-0.3, -0.25) is 29.4 Å². The molecular formula is C19H10Cl2N4O5S. The number of anilines is 1. The van der Waals surface area contributed by atoms with Crippen molar-refractivity contribution < 1.29 is 19.3 Å². The van der Waals surface area contributed by atoms with Gasteiger partial charge in [0.2, 0.25) is 5.91 Å². The number of thiazole rings is 1. The van der Waals surface area contributed by atoms with Gasteiger partial charge in [-0.05, 0) is 24.3 Å². The number of hydrogen-bond acceptors (Lipinski definition) is 7. The van der Waals surface area contributed by atoms with E-state index in [9.17, 15) is 24.5 Å². The predicted molar refractivity (Wildman–Crippen MR) is 115 cm³/mol. The first-order valence-corrected chi connectivity index (χ1v) is 10.2. The number of nitro groups is 1. The van der Waals surface area contributed by atoms with Crippen molar-refractivity contribution in [3.8, 4) is 11.3 Å². The number of carbonyl (C=O) groups is 3. The number of nitrogens with one attached hydrogen (secondary N) is 1. The fraction of sp³-hybridized carbons (Fsp3) is 0.0526. The van der Waals surface area contributed by atoms with Crippen molar-refractivity contribution in [3.63, 3.8) is 0 Å². The molecule has 1 aromatic heterocycles. The molecule has 0 atom stereocenters. The van der Waals surface area contributed by atoms with Gasteiger partial charge in [0.25, 0.3) is 17.5 Å². The van der Waals surface area contributed by atoms with Crippen molar-refractivity contribution in [2.75, 3.05) is 11.9 Å². The molecule has 2 heterocycles. The topological polar surface area (TPSA) is 123 Å². The lowest BCUT2D eigenvalue weighted by Gasteiger charge is -2.12. The Bertz CT molecular complexity index is 1280. The second kappa shape index (κ2) is 8.06. The molecule has 4 rings (SSSR count). The number of nitro benzene ring substituents is 1. The minimum absolute atomic E-state index is 0.110. The Morgan fingerprint density at radius 1 is 1.16 bits per heavy atom.